The summed E-state index contributed by atoms with van der Waals surface area (Å²) in [6, 6.07) is 43.6. The predicted octanol–water partition coefficient (Wildman–Crippen LogP) is 10.6. The normalized spacial score (nSPS) is 13.7. The summed E-state index contributed by atoms with van der Waals surface area (Å²) in [5.74, 6) is 3.47. The van der Waals surface area contributed by atoms with Crippen molar-refractivity contribution in [2.24, 2.45) is 0 Å². The summed E-state index contributed by atoms with van der Waals surface area (Å²) in [5.41, 5.74) is 10.0. The molecule has 7 aromatic rings. The van der Waals surface area contributed by atoms with Crippen molar-refractivity contribution in [1.29, 1.82) is 5.26 Å². The second-order valence-electron chi connectivity index (χ2n) is 13.2. The molecule has 0 saturated heterocycles. The van der Waals surface area contributed by atoms with Gasteiger partial charge in [-0.1, -0.05) is 111 Å². The summed E-state index contributed by atoms with van der Waals surface area (Å²) in [7, 11) is 0. The van der Waals surface area contributed by atoms with Gasteiger partial charge in [0.25, 0.3) is 0 Å². The van der Waals surface area contributed by atoms with Gasteiger partial charge in [0.15, 0.2) is 17.5 Å². The minimum absolute atomic E-state index is 0.291. The molecule has 0 spiro atoms. The lowest BCUT2D eigenvalue weighted by atomic mass is 9.75. The molecule has 0 N–H and O–H groups in total. The molecule has 5 nitrogen and oxygen atoms in total. The number of fused-ring (bicyclic) bond motifs is 2. The van der Waals surface area contributed by atoms with E-state index in [4.69, 9.17) is 19.7 Å². The predicted molar refractivity (Wildman–Crippen MR) is 195 cm³/mol. The lowest BCUT2D eigenvalue weighted by Gasteiger charge is -2.35. The van der Waals surface area contributed by atoms with Crippen molar-refractivity contribution in [3.63, 3.8) is 0 Å². The molecular formula is C44H30N4O. The molecule has 0 saturated carbocycles. The van der Waals surface area contributed by atoms with Crippen molar-refractivity contribution < 1.29 is 4.74 Å². The highest BCUT2D eigenvalue weighted by atomic mass is 16.5. The Bertz CT molecular complexity index is 2530. The van der Waals surface area contributed by atoms with Crippen molar-refractivity contribution in [2.75, 3.05) is 0 Å². The molecule has 0 amide bonds. The Morgan fingerprint density at radius 1 is 0.612 bits per heavy atom. The van der Waals surface area contributed by atoms with Crippen molar-refractivity contribution >= 4 is 16.8 Å². The third kappa shape index (κ3) is 4.89. The van der Waals surface area contributed by atoms with Crippen LogP contribution in [0.1, 0.15) is 41.7 Å². The lowest BCUT2D eigenvalue weighted by Crippen LogP contribution is -2.24. The third-order valence-corrected chi connectivity index (χ3v) is 9.79. The summed E-state index contributed by atoms with van der Waals surface area (Å²) >= 11 is 0. The van der Waals surface area contributed by atoms with Gasteiger partial charge in [-0.2, -0.15) is 5.26 Å². The van der Waals surface area contributed by atoms with Crippen LogP contribution in [-0.2, 0) is 11.8 Å². The van der Waals surface area contributed by atoms with E-state index in [0.717, 1.165) is 56.9 Å². The molecule has 1 aromatic heterocycles. The van der Waals surface area contributed by atoms with Crippen LogP contribution in [0.15, 0.2) is 127 Å². The van der Waals surface area contributed by atoms with E-state index >= 15 is 0 Å². The fourth-order valence-electron chi connectivity index (χ4n) is 7.19. The first-order valence-corrected chi connectivity index (χ1v) is 16.5. The van der Waals surface area contributed by atoms with Gasteiger partial charge in [-0.25, -0.2) is 15.0 Å². The minimum Gasteiger partial charge on any atom is -0.457 e. The maximum absolute atomic E-state index is 9.40. The Kier molecular flexibility index (Phi) is 6.53. The van der Waals surface area contributed by atoms with Gasteiger partial charge in [-0.15, -0.1) is 0 Å². The van der Waals surface area contributed by atoms with Gasteiger partial charge in [0, 0.05) is 33.2 Å². The Morgan fingerprint density at radius 2 is 1.33 bits per heavy atom. The van der Waals surface area contributed by atoms with Crippen LogP contribution >= 0.6 is 0 Å². The first kappa shape index (κ1) is 28.8. The first-order chi connectivity index (χ1) is 23.9. The van der Waals surface area contributed by atoms with Crippen LogP contribution in [0.5, 0.6) is 11.5 Å². The molecule has 0 bridgehead atoms. The highest BCUT2D eigenvalue weighted by Gasteiger charge is 2.34. The molecular weight excluding hydrogens is 601 g/mol. The number of hydrogen-bond acceptors (Lipinski definition) is 5. The molecule has 0 radical (unpaired) electrons. The monoisotopic (exact) mass is 630 g/mol. The fraction of sp³-hybridized carbons (Fsp3) is 0.0909. The smallest absolute Gasteiger partial charge is 0.164 e. The van der Waals surface area contributed by atoms with Crippen molar-refractivity contribution in [2.45, 2.75) is 25.7 Å². The van der Waals surface area contributed by atoms with Crippen LogP contribution in [0.3, 0.4) is 0 Å². The molecule has 9 rings (SSSR count). The standard InChI is InChI=1S/C44H30N4O/c1-44(2)36-20-14-27(26-45)22-39(36)49-38-21-19-32(25-37(38)44)28-15-17-31(18-16-28)42-46-41(30-8-4-3-5-9-30)47-43(48-42)35-23-33-12-6-10-29-11-7-13-34(24-35)40(29)33/h3-10,12-25H,11H2,1-2H3. The number of ether oxygens (including phenoxy) is 1. The van der Waals surface area contributed by atoms with Crippen molar-refractivity contribution in [3.05, 3.63) is 155 Å². The number of allylic oxidation sites excluding steroid dienone is 1. The van der Waals surface area contributed by atoms with Gasteiger partial charge >= 0.3 is 0 Å². The van der Waals surface area contributed by atoms with E-state index in [1.54, 1.807) is 0 Å². The average Bonchev–Trinajstić information content (AvgIpc) is 3.15. The lowest BCUT2D eigenvalue weighted by molar-refractivity contribution is 0.418. The average molecular weight is 631 g/mol. The van der Waals surface area contributed by atoms with Gasteiger partial charge in [-0.3, -0.25) is 0 Å². The quantitative estimate of drug-likeness (QED) is 0.193. The number of hydrogen-bond donors (Lipinski definition) is 0. The van der Waals surface area contributed by atoms with E-state index in [0.29, 0.717) is 23.0 Å². The number of nitrogens with zero attached hydrogens (tertiary/aromatic N) is 4. The molecule has 49 heavy (non-hydrogen) atoms. The van der Waals surface area contributed by atoms with E-state index in [1.807, 2.05) is 54.6 Å². The van der Waals surface area contributed by atoms with Crippen LogP contribution in [0.25, 0.3) is 62.1 Å². The molecule has 0 atom stereocenters. The van der Waals surface area contributed by atoms with Gasteiger partial charge in [0.1, 0.15) is 11.5 Å². The summed E-state index contributed by atoms with van der Waals surface area (Å²) < 4.78 is 6.29. The van der Waals surface area contributed by atoms with Gasteiger partial charge in [0.2, 0.25) is 0 Å². The van der Waals surface area contributed by atoms with Crippen LogP contribution in [0, 0.1) is 11.3 Å². The molecule has 2 heterocycles. The summed E-state index contributed by atoms with van der Waals surface area (Å²) in [6.45, 7) is 4.41. The number of aromatic nitrogens is 3. The number of benzene rings is 6. The molecule has 0 fully saturated rings. The molecule has 1 aliphatic carbocycles. The second-order valence-corrected chi connectivity index (χ2v) is 13.2. The summed E-state index contributed by atoms with van der Waals surface area (Å²) in [4.78, 5) is 15.0. The maximum atomic E-state index is 9.40. The number of nitriles is 1. The zero-order valence-electron chi connectivity index (χ0n) is 27.1. The molecule has 6 aromatic carbocycles. The Balaban J connectivity index is 1.10. The highest BCUT2D eigenvalue weighted by Crippen LogP contribution is 2.49. The van der Waals surface area contributed by atoms with Crippen LogP contribution < -0.4 is 4.74 Å². The Labute approximate surface area is 284 Å². The van der Waals surface area contributed by atoms with Gasteiger partial charge in [0.05, 0.1) is 11.6 Å². The topological polar surface area (TPSA) is 71.7 Å². The minimum atomic E-state index is -0.291. The van der Waals surface area contributed by atoms with Crippen LogP contribution in [0.2, 0.25) is 0 Å². The van der Waals surface area contributed by atoms with E-state index < -0.39 is 0 Å². The number of rotatable bonds is 4. The second kappa shape index (κ2) is 11.1. The SMILES string of the molecule is CC1(C)c2ccc(C#N)cc2Oc2ccc(-c3ccc(-c4nc(-c5ccccc5)nc(-c5cc6c7c(cccc7c5)CC=C6)n4)cc3)cc21. The summed E-state index contributed by atoms with van der Waals surface area (Å²) in [5, 5.41) is 11.9. The largest absolute Gasteiger partial charge is 0.457 e. The van der Waals surface area contributed by atoms with Crippen molar-refractivity contribution in [3.8, 4) is 62.9 Å². The molecule has 1 aliphatic heterocycles. The van der Waals surface area contributed by atoms with Crippen molar-refractivity contribution in [1.82, 2.24) is 15.0 Å². The molecule has 0 unspecified atom stereocenters. The van der Waals surface area contributed by atoms with E-state index in [9.17, 15) is 5.26 Å². The Hall–Kier alpha value is -6.38. The van der Waals surface area contributed by atoms with Gasteiger partial charge < -0.3 is 4.74 Å². The molecule has 232 valence electrons. The zero-order chi connectivity index (χ0) is 33.1. The van der Waals surface area contributed by atoms with E-state index in [1.165, 1.54) is 21.9 Å². The third-order valence-electron chi connectivity index (χ3n) is 9.79. The molecule has 5 heteroatoms. The summed E-state index contributed by atoms with van der Waals surface area (Å²) in [6.07, 6.45) is 5.37. The Morgan fingerprint density at radius 3 is 2.10 bits per heavy atom. The van der Waals surface area contributed by atoms with Gasteiger partial charge in [-0.05, 0) is 75.8 Å². The zero-order valence-corrected chi connectivity index (χ0v) is 27.1. The van der Waals surface area contributed by atoms with Crippen LogP contribution in [0.4, 0.5) is 0 Å². The van der Waals surface area contributed by atoms with E-state index in [-0.39, 0.29) is 5.41 Å². The fourth-order valence-corrected chi connectivity index (χ4v) is 7.19. The maximum Gasteiger partial charge on any atom is 0.164 e. The van der Waals surface area contributed by atoms with Crippen LogP contribution in [-0.4, -0.2) is 15.0 Å². The first-order valence-electron chi connectivity index (χ1n) is 16.5. The van der Waals surface area contributed by atoms with E-state index in [2.05, 4.69) is 98.8 Å². The molecule has 2 aliphatic rings. The highest BCUT2D eigenvalue weighted by molar-refractivity contribution is 5.97.